The maximum absolute atomic E-state index is 11.6. The number of rotatable bonds is 7. The third-order valence-corrected chi connectivity index (χ3v) is 3.27. The van der Waals surface area contributed by atoms with E-state index in [1.54, 1.807) is 14.2 Å². The fourth-order valence-electron chi connectivity index (χ4n) is 2.29. The largest absolute Gasteiger partial charge is 0.468 e. The van der Waals surface area contributed by atoms with Gasteiger partial charge in [-0.25, -0.2) is 0 Å². The molecule has 18 heavy (non-hydrogen) atoms. The second kappa shape index (κ2) is 7.68. The van der Waals surface area contributed by atoms with E-state index in [2.05, 4.69) is 10.2 Å². The Labute approximate surface area is 109 Å². The molecule has 6 nitrogen and oxygen atoms in total. The first-order chi connectivity index (χ1) is 8.65. The van der Waals surface area contributed by atoms with Gasteiger partial charge in [0.05, 0.1) is 19.3 Å². The number of esters is 1. The summed E-state index contributed by atoms with van der Waals surface area (Å²) in [5.41, 5.74) is 0. The SMILES string of the molecule is CCNC(CN1CC(OC)C(OC)C1)C(=O)OC. The van der Waals surface area contributed by atoms with E-state index < -0.39 is 0 Å². The van der Waals surface area contributed by atoms with E-state index in [1.165, 1.54) is 7.11 Å². The topological polar surface area (TPSA) is 60.0 Å². The summed E-state index contributed by atoms with van der Waals surface area (Å²) in [6.45, 7) is 4.85. The standard InChI is InChI=1S/C12H24N2O4/c1-5-13-9(12(15)18-4)6-14-7-10(16-2)11(8-14)17-3/h9-11,13H,5-8H2,1-4H3. The van der Waals surface area contributed by atoms with Gasteiger partial charge in [0.1, 0.15) is 6.04 Å². The lowest BCUT2D eigenvalue weighted by molar-refractivity contribution is -0.143. The van der Waals surface area contributed by atoms with Crippen molar-refractivity contribution in [3.05, 3.63) is 0 Å². The summed E-state index contributed by atoms with van der Waals surface area (Å²) in [6, 6.07) is -0.298. The summed E-state index contributed by atoms with van der Waals surface area (Å²) in [5.74, 6) is -0.230. The monoisotopic (exact) mass is 260 g/mol. The average Bonchev–Trinajstić information content (AvgIpc) is 2.79. The van der Waals surface area contributed by atoms with Gasteiger partial charge in [-0.3, -0.25) is 9.69 Å². The Hall–Kier alpha value is -0.690. The van der Waals surface area contributed by atoms with Crippen molar-refractivity contribution in [3.63, 3.8) is 0 Å². The minimum absolute atomic E-state index is 0.0647. The number of carbonyl (C=O) groups excluding carboxylic acids is 1. The highest BCUT2D eigenvalue weighted by molar-refractivity contribution is 5.75. The number of nitrogens with one attached hydrogen (secondary N) is 1. The van der Waals surface area contributed by atoms with Crippen LogP contribution >= 0.6 is 0 Å². The molecule has 1 saturated heterocycles. The first-order valence-electron chi connectivity index (χ1n) is 6.25. The van der Waals surface area contributed by atoms with E-state index in [9.17, 15) is 4.79 Å². The Morgan fingerprint density at radius 2 is 1.83 bits per heavy atom. The molecule has 6 heteroatoms. The molecule has 0 aromatic carbocycles. The van der Waals surface area contributed by atoms with Gasteiger partial charge in [0, 0.05) is 33.9 Å². The van der Waals surface area contributed by atoms with Crippen LogP contribution in [0.15, 0.2) is 0 Å². The van der Waals surface area contributed by atoms with E-state index in [0.717, 1.165) is 19.6 Å². The fraction of sp³-hybridized carbons (Fsp3) is 0.917. The van der Waals surface area contributed by atoms with E-state index in [4.69, 9.17) is 14.2 Å². The van der Waals surface area contributed by atoms with Crippen LogP contribution in [0.25, 0.3) is 0 Å². The van der Waals surface area contributed by atoms with Crippen LogP contribution in [0.4, 0.5) is 0 Å². The number of carbonyl (C=O) groups is 1. The zero-order chi connectivity index (χ0) is 13.5. The van der Waals surface area contributed by atoms with Crippen LogP contribution in [0.2, 0.25) is 0 Å². The molecule has 0 spiro atoms. The fourth-order valence-corrected chi connectivity index (χ4v) is 2.29. The van der Waals surface area contributed by atoms with E-state index in [1.807, 2.05) is 6.92 Å². The molecule has 0 aliphatic carbocycles. The van der Waals surface area contributed by atoms with Crippen molar-refractivity contribution in [2.45, 2.75) is 25.2 Å². The predicted molar refractivity (Wildman–Crippen MR) is 67.5 cm³/mol. The molecule has 0 saturated carbocycles. The van der Waals surface area contributed by atoms with Crippen LogP contribution in [0.3, 0.4) is 0 Å². The van der Waals surface area contributed by atoms with E-state index in [0.29, 0.717) is 6.54 Å². The smallest absolute Gasteiger partial charge is 0.324 e. The Morgan fingerprint density at radius 1 is 1.28 bits per heavy atom. The number of nitrogens with zero attached hydrogens (tertiary/aromatic N) is 1. The van der Waals surface area contributed by atoms with Gasteiger partial charge in [0.25, 0.3) is 0 Å². The Kier molecular flexibility index (Phi) is 6.56. The van der Waals surface area contributed by atoms with E-state index >= 15 is 0 Å². The maximum atomic E-state index is 11.6. The number of methoxy groups -OCH3 is 3. The minimum Gasteiger partial charge on any atom is -0.468 e. The number of hydrogen-bond donors (Lipinski definition) is 1. The molecule has 0 bridgehead atoms. The molecule has 1 heterocycles. The summed E-state index contributed by atoms with van der Waals surface area (Å²) < 4.78 is 15.5. The Balaban J connectivity index is 2.52. The first-order valence-corrected chi connectivity index (χ1v) is 6.25. The average molecular weight is 260 g/mol. The third-order valence-electron chi connectivity index (χ3n) is 3.27. The lowest BCUT2D eigenvalue weighted by Crippen LogP contribution is -2.46. The van der Waals surface area contributed by atoms with Gasteiger partial charge in [-0.1, -0.05) is 6.92 Å². The Morgan fingerprint density at radius 3 is 2.22 bits per heavy atom. The summed E-state index contributed by atoms with van der Waals surface area (Å²) in [5, 5.41) is 3.13. The molecule has 0 amide bonds. The van der Waals surface area contributed by atoms with Crippen LogP contribution in [0.1, 0.15) is 6.92 Å². The van der Waals surface area contributed by atoms with Crippen LogP contribution in [0.5, 0.6) is 0 Å². The predicted octanol–water partition coefficient (Wildman–Crippen LogP) is -0.517. The minimum atomic E-state index is -0.298. The summed E-state index contributed by atoms with van der Waals surface area (Å²) in [4.78, 5) is 13.8. The molecular weight excluding hydrogens is 236 g/mol. The lowest BCUT2D eigenvalue weighted by atomic mass is 10.2. The highest BCUT2D eigenvalue weighted by Crippen LogP contribution is 2.16. The van der Waals surface area contributed by atoms with Crippen LogP contribution < -0.4 is 5.32 Å². The van der Waals surface area contributed by atoms with Crippen molar-refractivity contribution in [3.8, 4) is 0 Å². The highest BCUT2D eigenvalue weighted by atomic mass is 16.5. The van der Waals surface area contributed by atoms with Gasteiger partial charge >= 0.3 is 5.97 Å². The van der Waals surface area contributed by atoms with Crippen molar-refractivity contribution in [1.29, 1.82) is 0 Å². The first kappa shape index (κ1) is 15.4. The molecule has 1 rings (SSSR count). The third kappa shape index (κ3) is 3.91. The second-order valence-corrected chi connectivity index (χ2v) is 4.40. The van der Waals surface area contributed by atoms with Gasteiger partial charge in [-0.05, 0) is 6.54 Å². The molecule has 1 N–H and O–H groups in total. The van der Waals surface area contributed by atoms with Gasteiger partial charge in [0.15, 0.2) is 0 Å². The molecule has 106 valence electrons. The van der Waals surface area contributed by atoms with E-state index in [-0.39, 0.29) is 24.2 Å². The van der Waals surface area contributed by atoms with Crippen molar-refractivity contribution < 1.29 is 19.0 Å². The van der Waals surface area contributed by atoms with Crippen LogP contribution in [0, 0.1) is 0 Å². The molecule has 3 unspecified atom stereocenters. The number of likely N-dealkylation sites (tertiary alicyclic amines) is 1. The molecule has 1 fully saturated rings. The highest BCUT2D eigenvalue weighted by Gasteiger charge is 2.35. The zero-order valence-electron chi connectivity index (χ0n) is 11.6. The zero-order valence-corrected chi connectivity index (χ0v) is 11.6. The van der Waals surface area contributed by atoms with Gasteiger partial charge in [-0.15, -0.1) is 0 Å². The normalized spacial score (nSPS) is 26.2. The second-order valence-electron chi connectivity index (χ2n) is 4.40. The number of hydrogen-bond acceptors (Lipinski definition) is 6. The van der Waals surface area contributed by atoms with Crippen molar-refractivity contribution in [2.24, 2.45) is 0 Å². The molecule has 3 atom stereocenters. The van der Waals surface area contributed by atoms with Gasteiger partial charge in [-0.2, -0.15) is 0 Å². The quantitative estimate of drug-likeness (QED) is 0.622. The lowest BCUT2D eigenvalue weighted by Gasteiger charge is -2.22. The van der Waals surface area contributed by atoms with Crippen molar-refractivity contribution in [1.82, 2.24) is 10.2 Å². The van der Waals surface area contributed by atoms with Gasteiger partial charge in [0.2, 0.25) is 0 Å². The van der Waals surface area contributed by atoms with Crippen molar-refractivity contribution >= 4 is 5.97 Å². The molecule has 0 aromatic heterocycles. The number of ether oxygens (including phenoxy) is 3. The summed E-state index contributed by atoms with van der Waals surface area (Å²) in [6.07, 6.45) is 0.129. The maximum Gasteiger partial charge on any atom is 0.324 e. The number of likely N-dealkylation sites (N-methyl/N-ethyl adjacent to an activating group) is 1. The van der Waals surface area contributed by atoms with Crippen LogP contribution in [-0.4, -0.2) is 76.6 Å². The summed E-state index contributed by atoms with van der Waals surface area (Å²) in [7, 11) is 4.77. The molecule has 0 radical (unpaired) electrons. The van der Waals surface area contributed by atoms with Gasteiger partial charge < -0.3 is 19.5 Å². The Bertz CT molecular complexity index is 250. The molecule has 0 aromatic rings. The van der Waals surface area contributed by atoms with Crippen LogP contribution in [-0.2, 0) is 19.0 Å². The molecule has 1 aliphatic heterocycles. The molecule has 1 aliphatic rings. The van der Waals surface area contributed by atoms with Crippen molar-refractivity contribution in [2.75, 3.05) is 47.5 Å². The summed E-state index contributed by atoms with van der Waals surface area (Å²) >= 11 is 0. The molecular formula is C12H24N2O4.